The lowest BCUT2D eigenvalue weighted by Crippen LogP contribution is -2.20. The highest BCUT2D eigenvalue weighted by molar-refractivity contribution is 6.30. The molecule has 0 saturated carbocycles. The third-order valence-corrected chi connectivity index (χ3v) is 3.89. The summed E-state index contributed by atoms with van der Waals surface area (Å²) in [7, 11) is 2.00. The second-order valence-electron chi connectivity index (χ2n) is 4.97. The third-order valence-electron chi connectivity index (χ3n) is 3.65. The molecule has 0 saturated heterocycles. The van der Waals surface area contributed by atoms with Crippen LogP contribution in [-0.4, -0.2) is 7.05 Å². The molecule has 1 unspecified atom stereocenters. The molecule has 1 N–H and O–H groups in total. The normalized spacial score (nSPS) is 12.4. The molecular weight excluding hydrogens is 254 g/mol. The van der Waals surface area contributed by atoms with Crippen LogP contribution >= 0.6 is 11.6 Å². The molecule has 0 spiro atoms. The Morgan fingerprint density at radius 2 is 1.79 bits per heavy atom. The standard InChI is InChI=1S/C17H20ClN/c1-12-6-4-5-7-14(12)10-17(19-3)16-11-15(18)9-8-13(16)2/h4-9,11,17,19H,10H2,1-3H3. The second-order valence-corrected chi connectivity index (χ2v) is 5.41. The molecular formula is C17H20ClN. The number of aryl methyl sites for hydroxylation is 2. The van der Waals surface area contributed by atoms with Gasteiger partial charge in [-0.1, -0.05) is 41.9 Å². The molecule has 0 heterocycles. The van der Waals surface area contributed by atoms with E-state index in [4.69, 9.17) is 11.6 Å². The van der Waals surface area contributed by atoms with Gasteiger partial charge in [-0.15, -0.1) is 0 Å². The molecule has 2 aromatic rings. The highest BCUT2D eigenvalue weighted by Crippen LogP contribution is 2.25. The van der Waals surface area contributed by atoms with E-state index in [0.717, 1.165) is 11.4 Å². The van der Waals surface area contributed by atoms with Crippen molar-refractivity contribution in [3.63, 3.8) is 0 Å². The van der Waals surface area contributed by atoms with Gasteiger partial charge in [0.25, 0.3) is 0 Å². The molecule has 0 aliphatic heterocycles. The summed E-state index contributed by atoms with van der Waals surface area (Å²) in [5.74, 6) is 0. The van der Waals surface area contributed by atoms with Crippen molar-refractivity contribution in [1.82, 2.24) is 5.32 Å². The third kappa shape index (κ3) is 3.37. The maximum atomic E-state index is 6.12. The Balaban J connectivity index is 2.30. The minimum atomic E-state index is 0.291. The Morgan fingerprint density at radius 1 is 1.05 bits per heavy atom. The lowest BCUT2D eigenvalue weighted by molar-refractivity contribution is 0.587. The van der Waals surface area contributed by atoms with Crippen LogP contribution in [0.2, 0.25) is 5.02 Å². The highest BCUT2D eigenvalue weighted by Gasteiger charge is 2.14. The molecule has 0 aromatic heterocycles. The Labute approximate surface area is 120 Å². The van der Waals surface area contributed by atoms with Gasteiger partial charge in [0.2, 0.25) is 0 Å². The monoisotopic (exact) mass is 273 g/mol. The van der Waals surface area contributed by atoms with Crippen LogP contribution in [0.3, 0.4) is 0 Å². The van der Waals surface area contributed by atoms with Crippen molar-refractivity contribution in [3.8, 4) is 0 Å². The van der Waals surface area contributed by atoms with Crippen molar-refractivity contribution >= 4 is 11.6 Å². The molecule has 0 bridgehead atoms. The van der Waals surface area contributed by atoms with Gasteiger partial charge >= 0.3 is 0 Å². The van der Waals surface area contributed by atoms with E-state index in [-0.39, 0.29) is 0 Å². The van der Waals surface area contributed by atoms with E-state index in [1.807, 2.05) is 13.1 Å². The van der Waals surface area contributed by atoms with Crippen molar-refractivity contribution in [2.24, 2.45) is 0 Å². The molecule has 0 radical (unpaired) electrons. The van der Waals surface area contributed by atoms with Crippen molar-refractivity contribution in [2.45, 2.75) is 26.3 Å². The van der Waals surface area contributed by atoms with E-state index in [1.54, 1.807) is 0 Å². The number of hydrogen-bond donors (Lipinski definition) is 1. The molecule has 100 valence electrons. The van der Waals surface area contributed by atoms with E-state index in [9.17, 15) is 0 Å². The minimum Gasteiger partial charge on any atom is -0.313 e. The van der Waals surface area contributed by atoms with Crippen molar-refractivity contribution in [2.75, 3.05) is 7.05 Å². The zero-order valence-corrected chi connectivity index (χ0v) is 12.5. The summed E-state index contributed by atoms with van der Waals surface area (Å²) in [4.78, 5) is 0. The zero-order valence-electron chi connectivity index (χ0n) is 11.7. The summed E-state index contributed by atoms with van der Waals surface area (Å²) >= 11 is 6.12. The topological polar surface area (TPSA) is 12.0 Å². The van der Waals surface area contributed by atoms with Gasteiger partial charge in [0.1, 0.15) is 0 Å². The number of benzene rings is 2. The quantitative estimate of drug-likeness (QED) is 0.867. The van der Waals surface area contributed by atoms with Crippen LogP contribution in [0.5, 0.6) is 0 Å². The van der Waals surface area contributed by atoms with Gasteiger partial charge in [-0.05, 0) is 61.7 Å². The van der Waals surface area contributed by atoms with Gasteiger partial charge in [-0.25, -0.2) is 0 Å². The average Bonchev–Trinajstić information content (AvgIpc) is 2.41. The van der Waals surface area contributed by atoms with Gasteiger partial charge in [0.05, 0.1) is 0 Å². The van der Waals surface area contributed by atoms with Gasteiger partial charge in [0.15, 0.2) is 0 Å². The molecule has 0 fully saturated rings. The summed E-state index contributed by atoms with van der Waals surface area (Å²) in [5, 5.41) is 4.20. The summed E-state index contributed by atoms with van der Waals surface area (Å²) in [6, 6.07) is 14.9. The van der Waals surface area contributed by atoms with E-state index < -0.39 is 0 Å². The summed E-state index contributed by atoms with van der Waals surface area (Å²) in [6.07, 6.45) is 0.977. The zero-order chi connectivity index (χ0) is 13.8. The molecule has 2 aromatic carbocycles. The molecule has 0 amide bonds. The first-order chi connectivity index (χ1) is 9.11. The van der Waals surface area contributed by atoms with Crippen LogP contribution in [0.15, 0.2) is 42.5 Å². The smallest absolute Gasteiger partial charge is 0.0409 e. The number of hydrogen-bond acceptors (Lipinski definition) is 1. The Morgan fingerprint density at radius 3 is 2.47 bits per heavy atom. The first-order valence-corrected chi connectivity index (χ1v) is 6.97. The molecule has 1 nitrogen and oxygen atoms in total. The van der Waals surface area contributed by atoms with Crippen LogP contribution in [0.4, 0.5) is 0 Å². The van der Waals surface area contributed by atoms with Crippen LogP contribution in [0, 0.1) is 13.8 Å². The number of rotatable bonds is 4. The largest absolute Gasteiger partial charge is 0.313 e. The second kappa shape index (κ2) is 6.23. The maximum Gasteiger partial charge on any atom is 0.0409 e. The average molecular weight is 274 g/mol. The SMILES string of the molecule is CNC(Cc1ccccc1C)c1cc(Cl)ccc1C. The fourth-order valence-corrected chi connectivity index (χ4v) is 2.59. The molecule has 0 aliphatic rings. The first-order valence-electron chi connectivity index (χ1n) is 6.59. The number of likely N-dealkylation sites (N-methyl/N-ethyl adjacent to an activating group) is 1. The first kappa shape index (κ1) is 14.1. The molecule has 1 atom stereocenters. The van der Waals surface area contributed by atoms with E-state index in [1.165, 1.54) is 22.3 Å². The van der Waals surface area contributed by atoms with Crippen LogP contribution in [-0.2, 0) is 6.42 Å². The van der Waals surface area contributed by atoms with Gasteiger partial charge in [0, 0.05) is 11.1 Å². The highest BCUT2D eigenvalue weighted by atomic mass is 35.5. The van der Waals surface area contributed by atoms with Crippen LogP contribution < -0.4 is 5.32 Å². The Bertz CT molecular complexity index is 563. The molecule has 19 heavy (non-hydrogen) atoms. The lowest BCUT2D eigenvalue weighted by Gasteiger charge is -2.20. The van der Waals surface area contributed by atoms with Crippen molar-refractivity contribution < 1.29 is 0 Å². The summed E-state index contributed by atoms with van der Waals surface area (Å²) < 4.78 is 0. The van der Waals surface area contributed by atoms with E-state index in [2.05, 4.69) is 55.6 Å². The molecule has 0 aliphatic carbocycles. The fourth-order valence-electron chi connectivity index (χ4n) is 2.41. The maximum absolute atomic E-state index is 6.12. The summed E-state index contributed by atoms with van der Waals surface area (Å²) in [6.45, 7) is 4.29. The minimum absolute atomic E-state index is 0.291. The fraction of sp³-hybridized carbons (Fsp3) is 0.294. The van der Waals surface area contributed by atoms with E-state index >= 15 is 0 Å². The molecule has 2 heteroatoms. The summed E-state index contributed by atoms with van der Waals surface area (Å²) in [5.41, 5.74) is 5.26. The van der Waals surface area contributed by atoms with Crippen LogP contribution in [0.1, 0.15) is 28.3 Å². The predicted molar refractivity (Wildman–Crippen MR) is 82.9 cm³/mol. The van der Waals surface area contributed by atoms with Crippen LogP contribution in [0.25, 0.3) is 0 Å². The number of halogens is 1. The van der Waals surface area contributed by atoms with Crippen molar-refractivity contribution in [1.29, 1.82) is 0 Å². The van der Waals surface area contributed by atoms with Gasteiger partial charge in [-0.2, -0.15) is 0 Å². The molecule has 2 rings (SSSR count). The van der Waals surface area contributed by atoms with E-state index in [0.29, 0.717) is 6.04 Å². The lowest BCUT2D eigenvalue weighted by atomic mass is 9.93. The van der Waals surface area contributed by atoms with Gasteiger partial charge < -0.3 is 5.32 Å². The van der Waals surface area contributed by atoms with Gasteiger partial charge in [-0.3, -0.25) is 0 Å². The number of nitrogens with one attached hydrogen (secondary N) is 1. The predicted octanol–water partition coefficient (Wildman–Crippen LogP) is 4.46. The Kier molecular flexibility index (Phi) is 4.62. The Hall–Kier alpha value is -1.31. The van der Waals surface area contributed by atoms with Crippen molar-refractivity contribution in [3.05, 3.63) is 69.7 Å².